The van der Waals surface area contributed by atoms with E-state index in [1.807, 2.05) is 17.5 Å². The van der Waals surface area contributed by atoms with Gasteiger partial charge in [0.25, 0.3) is 0 Å². The molecule has 0 amide bonds. The van der Waals surface area contributed by atoms with Crippen molar-refractivity contribution in [3.8, 4) is 11.4 Å². The standard InChI is InChI=1S/C17H15N5S2/c1-3-22-14(12-7-5-4-6-11(12)2)20-21-17(22)24-16-13-8-9-23-15(13)18-10-19-16/h4-10H,3H2,1-2H3. The van der Waals surface area contributed by atoms with E-state index in [2.05, 4.69) is 56.8 Å². The molecule has 0 saturated heterocycles. The summed E-state index contributed by atoms with van der Waals surface area (Å²) in [5.41, 5.74) is 2.31. The molecule has 0 fully saturated rings. The van der Waals surface area contributed by atoms with Gasteiger partial charge in [-0.15, -0.1) is 21.5 Å². The van der Waals surface area contributed by atoms with Crippen molar-refractivity contribution in [1.29, 1.82) is 0 Å². The molecule has 0 aliphatic heterocycles. The molecule has 0 atom stereocenters. The zero-order valence-electron chi connectivity index (χ0n) is 13.3. The van der Waals surface area contributed by atoms with E-state index >= 15 is 0 Å². The van der Waals surface area contributed by atoms with E-state index in [1.54, 1.807) is 17.7 Å². The fourth-order valence-electron chi connectivity index (χ4n) is 2.61. The normalized spacial score (nSPS) is 11.2. The average molecular weight is 353 g/mol. The third-order valence-corrected chi connectivity index (χ3v) is 5.66. The smallest absolute Gasteiger partial charge is 0.197 e. The number of rotatable bonds is 4. The van der Waals surface area contributed by atoms with Crippen LogP contribution in [0.3, 0.4) is 0 Å². The van der Waals surface area contributed by atoms with E-state index in [-0.39, 0.29) is 0 Å². The van der Waals surface area contributed by atoms with E-state index in [0.717, 1.165) is 38.3 Å². The first-order chi connectivity index (χ1) is 11.8. The molecule has 120 valence electrons. The third kappa shape index (κ3) is 2.59. The fraction of sp³-hybridized carbons (Fsp3) is 0.176. The lowest BCUT2D eigenvalue weighted by Gasteiger charge is -2.09. The Hall–Kier alpha value is -2.25. The molecule has 0 spiro atoms. The first-order valence-electron chi connectivity index (χ1n) is 7.63. The fourth-order valence-corrected chi connectivity index (χ4v) is 4.36. The van der Waals surface area contributed by atoms with Gasteiger partial charge >= 0.3 is 0 Å². The Bertz CT molecular complexity index is 1010. The van der Waals surface area contributed by atoms with E-state index in [0.29, 0.717) is 0 Å². The number of hydrogen-bond acceptors (Lipinski definition) is 6. The zero-order chi connectivity index (χ0) is 16.5. The minimum Gasteiger partial charge on any atom is -0.302 e. The summed E-state index contributed by atoms with van der Waals surface area (Å²) in [6.07, 6.45) is 1.61. The molecule has 3 heterocycles. The highest BCUT2D eigenvalue weighted by Crippen LogP contribution is 2.34. The second kappa shape index (κ2) is 6.33. The van der Waals surface area contributed by atoms with Crippen molar-refractivity contribution in [2.24, 2.45) is 0 Å². The predicted octanol–water partition coefficient (Wildman–Crippen LogP) is 4.43. The molecule has 5 nitrogen and oxygen atoms in total. The van der Waals surface area contributed by atoms with Crippen molar-refractivity contribution < 1.29 is 0 Å². The minimum absolute atomic E-state index is 0.802. The van der Waals surface area contributed by atoms with Crippen LogP contribution in [0.5, 0.6) is 0 Å². The predicted molar refractivity (Wildman–Crippen MR) is 97.4 cm³/mol. The van der Waals surface area contributed by atoms with Gasteiger partial charge in [-0.3, -0.25) is 0 Å². The van der Waals surface area contributed by atoms with Crippen molar-refractivity contribution in [2.45, 2.75) is 30.6 Å². The van der Waals surface area contributed by atoms with Crippen molar-refractivity contribution in [1.82, 2.24) is 24.7 Å². The second-order valence-electron chi connectivity index (χ2n) is 5.29. The Morgan fingerprint density at radius 1 is 1.12 bits per heavy atom. The van der Waals surface area contributed by atoms with Crippen LogP contribution in [-0.4, -0.2) is 24.7 Å². The summed E-state index contributed by atoms with van der Waals surface area (Å²) < 4.78 is 2.13. The molecule has 7 heteroatoms. The number of nitrogens with zero attached hydrogens (tertiary/aromatic N) is 5. The molecule has 0 bridgehead atoms. The summed E-state index contributed by atoms with van der Waals surface area (Å²) in [5, 5.41) is 13.7. The molecular formula is C17H15N5S2. The van der Waals surface area contributed by atoms with Gasteiger partial charge < -0.3 is 4.57 Å². The Kier molecular flexibility index (Phi) is 4.03. The highest BCUT2D eigenvalue weighted by atomic mass is 32.2. The van der Waals surface area contributed by atoms with Crippen LogP contribution in [-0.2, 0) is 6.54 Å². The summed E-state index contributed by atoms with van der Waals surface area (Å²) in [6.45, 7) is 5.00. The van der Waals surface area contributed by atoms with E-state index in [4.69, 9.17) is 0 Å². The molecule has 0 aliphatic carbocycles. The number of fused-ring (bicyclic) bond motifs is 1. The van der Waals surface area contributed by atoms with E-state index in [9.17, 15) is 0 Å². The molecule has 1 aromatic carbocycles. The monoisotopic (exact) mass is 353 g/mol. The zero-order valence-corrected chi connectivity index (χ0v) is 14.9. The van der Waals surface area contributed by atoms with Gasteiger partial charge in [-0.05, 0) is 42.6 Å². The highest BCUT2D eigenvalue weighted by molar-refractivity contribution is 7.99. The lowest BCUT2D eigenvalue weighted by molar-refractivity contribution is 0.686. The highest BCUT2D eigenvalue weighted by Gasteiger charge is 2.17. The van der Waals surface area contributed by atoms with Crippen LogP contribution in [0.25, 0.3) is 21.6 Å². The lowest BCUT2D eigenvalue weighted by atomic mass is 10.1. The molecule has 0 aliphatic rings. The molecule has 24 heavy (non-hydrogen) atoms. The molecule has 4 aromatic rings. The Labute approximate surface area is 147 Å². The van der Waals surface area contributed by atoms with Crippen LogP contribution in [0.1, 0.15) is 12.5 Å². The van der Waals surface area contributed by atoms with Crippen LogP contribution >= 0.6 is 23.1 Å². The Morgan fingerprint density at radius 3 is 2.83 bits per heavy atom. The lowest BCUT2D eigenvalue weighted by Crippen LogP contribution is -2.00. The Balaban J connectivity index is 1.77. The first-order valence-corrected chi connectivity index (χ1v) is 9.32. The summed E-state index contributed by atoms with van der Waals surface area (Å²) in [6, 6.07) is 10.3. The van der Waals surface area contributed by atoms with E-state index < -0.39 is 0 Å². The van der Waals surface area contributed by atoms with Crippen LogP contribution < -0.4 is 0 Å². The van der Waals surface area contributed by atoms with Crippen molar-refractivity contribution in [3.05, 3.63) is 47.6 Å². The SMILES string of the molecule is CCn1c(Sc2ncnc3sccc23)nnc1-c1ccccc1C. The van der Waals surface area contributed by atoms with Gasteiger partial charge in [0.1, 0.15) is 16.2 Å². The molecule has 0 N–H and O–H groups in total. The molecular weight excluding hydrogens is 338 g/mol. The maximum absolute atomic E-state index is 4.43. The molecule has 3 aromatic heterocycles. The molecule has 4 rings (SSSR count). The van der Waals surface area contributed by atoms with Crippen molar-refractivity contribution in [2.75, 3.05) is 0 Å². The average Bonchev–Trinajstić information content (AvgIpc) is 3.22. The van der Waals surface area contributed by atoms with Gasteiger partial charge in [0, 0.05) is 17.5 Å². The summed E-state index contributed by atoms with van der Waals surface area (Å²) in [7, 11) is 0. The number of benzene rings is 1. The largest absolute Gasteiger partial charge is 0.302 e. The number of hydrogen-bond donors (Lipinski definition) is 0. The van der Waals surface area contributed by atoms with Crippen molar-refractivity contribution >= 4 is 33.3 Å². The second-order valence-corrected chi connectivity index (χ2v) is 7.14. The maximum Gasteiger partial charge on any atom is 0.197 e. The topological polar surface area (TPSA) is 56.5 Å². The quantitative estimate of drug-likeness (QED) is 0.508. The minimum atomic E-state index is 0.802. The number of thiophene rings is 1. The summed E-state index contributed by atoms with van der Waals surface area (Å²) >= 11 is 3.16. The maximum atomic E-state index is 4.43. The Morgan fingerprint density at radius 2 is 2.00 bits per heavy atom. The van der Waals surface area contributed by atoms with Crippen LogP contribution in [0.2, 0.25) is 0 Å². The molecule has 0 unspecified atom stereocenters. The number of aryl methyl sites for hydroxylation is 1. The number of aromatic nitrogens is 5. The van der Waals surface area contributed by atoms with Gasteiger partial charge in [0.2, 0.25) is 0 Å². The van der Waals surface area contributed by atoms with Crippen LogP contribution in [0.15, 0.2) is 52.2 Å². The van der Waals surface area contributed by atoms with E-state index in [1.165, 1.54) is 17.3 Å². The van der Waals surface area contributed by atoms with Gasteiger partial charge in [0.15, 0.2) is 11.0 Å². The van der Waals surface area contributed by atoms with Gasteiger partial charge in [0.05, 0.1) is 0 Å². The van der Waals surface area contributed by atoms with Gasteiger partial charge in [-0.2, -0.15) is 0 Å². The van der Waals surface area contributed by atoms with Crippen molar-refractivity contribution in [3.63, 3.8) is 0 Å². The summed E-state index contributed by atoms with van der Waals surface area (Å²) in [5.74, 6) is 0.897. The first kappa shape index (κ1) is 15.3. The molecule has 0 saturated carbocycles. The summed E-state index contributed by atoms with van der Waals surface area (Å²) in [4.78, 5) is 9.72. The third-order valence-electron chi connectivity index (χ3n) is 3.83. The van der Waals surface area contributed by atoms with Crippen LogP contribution in [0.4, 0.5) is 0 Å². The van der Waals surface area contributed by atoms with Crippen LogP contribution in [0, 0.1) is 6.92 Å². The molecule has 0 radical (unpaired) electrons. The van der Waals surface area contributed by atoms with Gasteiger partial charge in [-0.1, -0.05) is 24.3 Å². The van der Waals surface area contributed by atoms with Gasteiger partial charge in [-0.25, -0.2) is 9.97 Å².